The highest BCUT2D eigenvalue weighted by Crippen LogP contribution is 2.22. The Labute approximate surface area is 148 Å². The average molecular weight is 342 g/mol. The van der Waals surface area contributed by atoms with Crippen molar-refractivity contribution in [2.75, 3.05) is 25.0 Å². The van der Waals surface area contributed by atoms with Crippen molar-refractivity contribution in [3.05, 3.63) is 41.8 Å². The minimum absolute atomic E-state index is 0.125. The van der Waals surface area contributed by atoms with Gasteiger partial charge in [0.1, 0.15) is 0 Å². The molecular weight excluding hydrogens is 316 g/mol. The zero-order chi connectivity index (χ0) is 17.9. The highest BCUT2D eigenvalue weighted by molar-refractivity contribution is 5.94. The lowest BCUT2D eigenvalue weighted by Gasteiger charge is -2.32. The first-order chi connectivity index (χ1) is 11.9. The zero-order valence-electron chi connectivity index (χ0n) is 15.2. The number of nitrogens with one attached hydrogen (secondary N) is 1. The summed E-state index contributed by atoms with van der Waals surface area (Å²) < 4.78 is 5.29. The summed E-state index contributed by atoms with van der Waals surface area (Å²) in [4.78, 5) is 18.8. The lowest BCUT2D eigenvalue weighted by atomic mass is 9.96. The van der Waals surface area contributed by atoms with Gasteiger partial charge < -0.3 is 14.7 Å². The Kier molecular flexibility index (Phi) is 5.06. The number of likely N-dealkylation sites (tertiary alicyclic amines) is 1. The maximum Gasteiger partial charge on any atom is 0.263 e. The molecule has 1 amide bonds. The van der Waals surface area contributed by atoms with E-state index in [-0.39, 0.29) is 11.3 Å². The summed E-state index contributed by atoms with van der Waals surface area (Å²) in [6, 6.07) is 9.48. The zero-order valence-corrected chi connectivity index (χ0v) is 15.2. The number of rotatable bonds is 4. The molecule has 1 N–H and O–H groups in total. The molecule has 134 valence electrons. The van der Waals surface area contributed by atoms with Crippen molar-refractivity contribution < 1.29 is 9.32 Å². The van der Waals surface area contributed by atoms with E-state index in [1.807, 2.05) is 56.0 Å². The third-order valence-corrected chi connectivity index (χ3v) is 4.54. The predicted octanol–water partition coefficient (Wildman–Crippen LogP) is 3.33. The molecule has 1 aliphatic rings. The lowest BCUT2D eigenvalue weighted by molar-refractivity contribution is 0.0695. The molecule has 3 rings (SSSR count). The Hall–Kier alpha value is -2.37. The maximum absolute atomic E-state index is 12.5. The Balaban J connectivity index is 1.47. The second kappa shape index (κ2) is 7.25. The molecule has 1 saturated heterocycles. The maximum atomic E-state index is 12.5. The van der Waals surface area contributed by atoms with Gasteiger partial charge in [0.05, 0.1) is 0 Å². The minimum Gasteiger partial charge on any atom is -0.351 e. The highest BCUT2D eigenvalue weighted by atomic mass is 16.5. The van der Waals surface area contributed by atoms with Gasteiger partial charge in [0.25, 0.3) is 11.9 Å². The van der Waals surface area contributed by atoms with Gasteiger partial charge in [-0.2, -0.15) is 4.98 Å². The van der Waals surface area contributed by atoms with Gasteiger partial charge in [0.15, 0.2) is 0 Å². The molecule has 1 aliphatic heterocycles. The lowest BCUT2D eigenvalue weighted by Crippen LogP contribution is -2.39. The number of benzene rings is 1. The van der Waals surface area contributed by atoms with Crippen LogP contribution in [0.5, 0.6) is 0 Å². The van der Waals surface area contributed by atoms with Crippen LogP contribution in [0.2, 0.25) is 0 Å². The van der Waals surface area contributed by atoms with Crippen molar-refractivity contribution in [3.63, 3.8) is 0 Å². The Morgan fingerprint density at radius 2 is 1.92 bits per heavy atom. The van der Waals surface area contributed by atoms with E-state index >= 15 is 0 Å². The van der Waals surface area contributed by atoms with Crippen LogP contribution in [-0.4, -0.2) is 40.6 Å². The van der Waals surface area contributed by atoms with E-state index in [2.05, 4.69) is 15.5 Å². The smallest absolute Gasteiger partial charge is 0.263 e. The van der Waals surface area contributed by atoms with Crippen LogP contribution in [0.3, 0.4) is 0 Å². The summed E-state index contributed by atoms with van der Waals surface area (Å²) in [6.07, 6.45) is 1.96. The van der Waals surface area contributed by atoms with Gasteiger partial charge in [-0.1, -0.05) is 39.0 Å². The molecule has 1 aromatic heterocycles. The summed E-state index contributed by atoms with van der Waals surface area (Å²) in [5.74, 6) is 1.82. The Morgan fingerprint density at radius 1 is 1.24 bits per heavy atom. The molecule has 1 fully saturated rings. The summed E-state index contributed by atoms with van der Waals surface area (Å²) >= 11 is 0. The van der Waals surface area contributed by atoms with Crippen molar-refractivity contribution in [1.82, 2.24) is 15.0 Å². The van der Waals surface area contributed by atoms with Gasteiger partial charge in [-0.15, -0.1) is 0 Å². The molecule has 2 aromatic rings. The second-order valence-corrected chi connectivity index (χ2v) is 7.66. The molecule has 0 saturated carbocycles. The first-order valence-corrected chi connectivity index (χ1v) is 8.86. The number of carbonyl (C=O) groups excluding carboxylic acids is 1. The molecule has 0 atom stereocenters. The number of nitrogens with zero attached hydrogens (tertiary/aromatic N) is 3. The summed E-state index contributed by atoms with van der Waals surface area (Å²) in [7, 11) is 0. The number of anilines is 1. The van der Waals surface area contributed by atoms with E-state index in [0.717, 1.165) is 38.0 Å². The first kappa shape index (κ1) is 17.5. The van der Waals surface area contributed by atoms with Gasteiger partial charge in [0, 0.05) is 30.6 Å². The topological polar surface area (TPSA) is 71.3 Å². The monoisotopic (exact) mass is 342 g/mol. The summed E-state index contributed by atoms with van der Waals surface area (Å²) in [5.41, 5.74) is 0.622. The largest absolute Gasteiger partial charge is 0.351 e. The minimum atomic E-state index is -0.143. The van der Waals surface area contributed by atoms with Gasteiger partial charge >= 0.3 is 0 Å². The molecule has 0 spiro atoms. The van der Waals surface area contributed by atoms with Crippen molar-refractivity contribution in [3.8, 4) is 0 Å². The number of piperidine rings is 1. The first-order valence-electron chi connectivity index (χ1n) is 8.86. The van der Waals surface area contributed by atoms with Crippen molar-refractivity contribution in [1.29, 1.82) is 0 Å². The number of amides is 1. The number of hydrogen-bond acceptors (Lipinski definition) is 5. The highest BCUT2D eigenvalue weighted by Gasteiger charge is 2.25. The van der Waals surface area contributed by atoms with Crippen LogP contribution in [0, 0.1) is 5.92 Å². The van der Waals surface area contributed by atoms with E-state index < -0.39 is 0 Å². The van der Waals surface area contributed by atoms with Crippen LogP contribution in [0.25, 0.3) is 0 Å². The van der Waals surface area contributed by atoms with Crippen LogP contribution in [0.4, 0.5) is 5.95 Å². The summed E-state index contributed by atoms with van der Waals surface area (Å²) in [6.45, 7) is 8.52. The van der Waals surface area contributed by atoms with Crippen LogP contribution in [0.15, 0.2) is 34.9 Å². The number of carbonyl (C=O) groups is 1. The fraction of sp³-hybridized carbons (Fsp3) is 0.526. The summed E-state index contributed by atoms with van der Waals surface area (Å²) in [5, 5.41) is 7.25. The van der Waals surface area contributed by atoms with Crippen LogP contribution in [-0.2, 0) is 5.41 Å². The Morgan fingerprint density at radius 3 is 2.52 bits per heavy atom. The van der Waals surface area contributed by atoms with Crippen molar-refractivity contribution >= 4 is 11.9 Å². The van der Waals surface area contributed by atoms with E-state index in [9.17, 15) is 4.79 Å². The van der Waals surface area contributed by atoms with Gasteiger partial charge in [-0.05, 0) is 36.0 Å². The number of hydrogen-bond donors (Lipinski definition) is 1. The molecular formula is C19H26N4O2. The molecule has 6 heteroatoms. The van der Waals surface area contributed by atoms with Gasteiger partial charge in [0.2, 0.25) is 5.89 Å². The van der Waals surface area contributed by atoms with E-state index in [1.165, 1.54) is 0 Å². The molecule has 6 nitrogen and oxygen atoms in total. The molecule has 1 aromatic carbocycles. The van der Waals surface area contributed by atoms with Gasteiger partial charge in [-0.25, -0.2) is 0 Å². The van der Waals surface area contributed by atoms with Crippen LogP contribution >= 0.6 is 0 Å². The Bertz CT molecular complexity index is 698. The number of aromatic nitrogens is 2. The van der Waals surface area contributed by atoms with E-state index in [0.29, 0.717) is 17.8 Å². The molecule has 0 radical (unpaired) electrons. The third-order valence-electron chi connectivity index (χ3n) is 4.54. The van der Waals surface area contributed by atoms with Crippen LogP contribution < -0.4 is 5.32 Å². The molecule has 25 heavy (non-hydrogen) atoms. The molecule has 0 bridgehead atoms. The molecule has 0 aliphatic carbocycles. The van der Waals surface area contributed by atoms with Crippen molar-refractivity contribution in [2.24, 2.45) is 5.92 Å². The fourth-order valence-electron chi connectivity index (χ4n) is 2.94. The molecule has 2 heterocycles. The quantitative estimate of drug-likeness (QED) is 0.923. The second-order valence-electron chi connectivity index (χ2n) is 7.66. The van der Waals surface area contributed by atoms with Crippen LogP contribution in [0.1, 0.15) is 49.9 Å². The fourth-order valence-corrected chi connectivity index (χ4v) is 2.94. The predicted molar refractivity (Wildman–Crippen MR) is 96.6 cm³/mol. The van der Waals surface area contributed by atoms with E-state index in [4.69, 9.17) is 4.52 Å². The SMILES string of the molecule is CC(C)(C)c1nc(NCC2CCN(C(=O)c3ccccc3)CC2)no1. The van der Waals surface area contributed by atoms with Gasteiger partial charge in [-0.3, -0.25) is 4.79 Å². The standard InChI is InChI=1S/C19H26N4O2/c1-19(2,3)17-21-18(22-25-17)20-13-14-9-11-23(12-10-14)16(24)15-7-5-4-6-8-15/h4-8,14H,9-13H2,1-3H3,(H,20,22). The van der Waals surface area contributed by atoms with E-state index in [1.54, 1.807) is 0 Å². The average Bonchev–Trinajstić information content (AvgIpc) is 3.10. The third kappa shape index (κ3) is 4.38. The molecule has 0 unspecified atom stereocenters. The van der Waals surface area contributed by atoms with Crippen molar-refractivity contribution in [2.45, 2.75) is 39.0 Å². The normalized spacial score (nSPS) is 16.0.